The van der Waals surface area contributed by atoms with E-state index in [2.05, 4.69) is 34.4 Å². The van der Waals surface area contributed by atoms with Crippen LogP contribution in [0.1, 0.15) is 31.6 Å². The minimum atomic E-state index is -0.285. The van der Waals surface area contributed by atoms with E-state index in [0.717, 1.165) is 23.1 Å². The van der Waals surface area contributed by atoms with Crippen molar-refractivity contribution < 1.29 is 9.59 Å². The van der Waals surface area contributed by atoms with Gasteiger partial charge in [0.1, 0.15) is 0 Å². The van der Waals surface area contributed by atoms with Gasteiger partial charge in [-0.15, -0.1) is 11.3 Å². The zero-order valence-corrected chi connectivity index (χ0v) is 12.6. The van der Waals surface area contributed by atoms with E-state index in [9.17, 15) is 9.59 Å². The molecule has 0 bridgehead atoms. The lowest BCUT2D eigenvalue weighted by Crippen LogP contribution is -2.50. The van der Waals surface area contributed by atoms with Crippen molar-refractivity contribution in [2.24, 2.45) is 0 Å². The zero-order valence-electron chi connectivity index (χ0n) is 11.8. The van der Waals surface area contributed by atoms with Crippen LogP contribution in [0.25, 0.3) is 0 Å². The molecular formula is C13H20N4O2S. The molecule has 1 unspecified atom stereocenters. The van der Waals surface area contributed by atoms with Crippen LogP contribution in [0.2, 0.25) is 0 Å². The number of piperidine rings is 1. The van der Waals surface area contributed by atoms with Gasteiger partial charge in [0.15, 0.2) is 5.13 Å². The summed E-state index contributed by atoms with van der Waals surface area (Å²) in [5, 5.41) is 6.54. The second kappa shape index (κ2) is 6.81. The van der Waals surface area contributed by atoms with E-state index in [1.54, 1.807) is 11.3 Å². The Kier molecular flexibility index (Phi) is 5.08. The van der Waals surface area contributed by atoms with Gasteiger partial charge in [-0.25, -0.2) is 4.98 Å². The molecule has 2 N–H and O–H groups in total. The molecule has 1 aliphatic heterocycles. The molecule has 2 heterocycles. The summed E-state index contributed by atoms with van der Waals surface area (Å²) < 4.78 is 0. The summed E-state index contributed by atoms with van der Waals surface area (Å²) in [4.78, 5) is 30.4. The SMILES string of the molecule is CCN(CC)c1ncc(CNC2CCC(=O)NC2=O)s1. The lowest BCUT2D eigenvalue weighted by molar-refractivity contribution is -0.134. The molecule has 0 aliphatic carbocycles. The average molecular weight is 296 g/mol. The first-order chi connectivity index (χ1) is 9.63. The number of rotatable bonds is 6. The summed E-state index contributed by atoms with van der Waals surface area (Å²) in [6, 6.07) is -0.285. The van der Waals surface area contributed by atoms with Crippen LogP contribution in [0.3, 0.4) is 0 Å². The van der Waals surface area contributed by atoms with Crippen LogP contribution >= 0.6 is 11.3 Å². The summed E-state index contributed by atoms with van der Waals surface area (Å²) >= 11 is 1.63. The van der Waals surface area contributed by atoms with Crippen LogP contribution in [0, 0.1) is 0 Å². The number of carbonyl (C=O) groups is 2. The van der Waals surface area contributed by atoms with Crippen LogP contribution in [0.5, 0.6) is 0 Å². The van der Waals surface area contributed by atoms with E-state index in [-0.39, 0.29) is 17.9 Å². The van der Waals surface area contributed by atoms with Gasteiger partial charge in [-0.05, 0) is 20.3 Å². The highest BCUT2D eigenvalue weighted by Gasteiger charge is 2.26. The van der Waals surface area contributed by atoms with Gasteiger partial charge >= 0.3 is 0 Å². The molecule has 2 amide bonds. The van der Waals surface area contributed by atoms with E-state index >= 15 is 0 Å². The molecule has 0 radical (unpaired) electrons. The maximum absolute atomic E-state index is 11.6. The van der Waals surface area contributed by atoms with Crippen molar-refractivity contribution in [1.29, 1.82) is 0 Å². The third kappa shape index (κ3) is 3.55. The minimum Gasteiger partial charge on any atom is -0.349 e. The largest absolute Gasteiger partial charge is 0.349 e. The molecule has 1 aromatic heterocycles. The first-order valence-corrected chi connectivity index (χ1v) is 7.72. The number of hydrogen-bond donors (Lipinski definition) is 2. The van der Waals surface area contributed by atoms with Crippen LogP contribution < -0.4 is 15.5 Å². The normalized spacial score (nSPS) is 19.0. The molecule has 7 heteroatoms. The Morgan fingerprint density at radius 3 is 2.85 bits per heavy atom. The molecule has 1 aromatic rings. The monoisotopic (exact) mass is 296 g/mol. The van der Waals surface area contributed by atoms with E-state index in [1.165, 1.54) is 0 Å². The maximum Gasteiger partial charge on any atom is 0.243 e. The van der Waals surface area contributed by atoms with Gasteiger partial charge in [0.25, 0.3) is 0 Å². The highest BCUT2D eigenvalue weighted by molar-refractivity contribution is 7.15. The second-order valence-corrected chi connectivity index (χ2v) is 5.76. The number of aromatic nitrogens is 1. The standard InChI is InChI=1S/C13H20N4O2S/c1-3-17(4-2)13-15-8-9(20-13)7-14-10-5-6-11(18)16-12(10)19/h8,10,14H,3-7H2,1-2H3,(H,16,18,19). The quantitative estimate of drug-likeness (QED) is 0.763. The molecule has 1 saturated heterocycles. The molecule has 0 spiro atoms. The number of carbonyl (C=O) groups excluding carboxylic acids is 2. The fourth-order valence-corrected chi connectivity index (χ4v) is 3.12. The summed E-state index contributed by atoms with van der Waals surface area (Å²) in [6.45, 7) is 6.68. The first kappa shape index (κ1) is 14.9. The van der Waals surface area contributed by atoms with Gasteiger partial charge in [-0.1, -0.05) is 0 Å². The van der Waals surface area contributed by atoms with Gasteiger partial charge in [0, 0.05) is 37.1 Å². The Labute approximate surface area is 122 Å². The fourth-order valence-electron chi connectivity index (χ4n) is 2.13. The first-order valence-electron chi connectivity index (χ1n) is 6.90. The van der Waals surface area contributed by atoms with Crippen molar-refractivity contribution >= 4 is 28.3 Å². The number of thiazole rings is 1. The number of nitrogens with zero attached hydrogens (tertiary/aromatic N) is 2. The van der Waals surface area contributed by atoms with Crippen LogP contribution in [-0.2, 0) is 16.1 Å². The zero-order chi connectivity index (χ0) is 14.5. The van der Waals surface area contributed by atoms with Gasteiger partial charge < -0.3 is 10.2 Å². The summed E-state index contributed by atoms with van der Waals surface area (Å²) in [5.74, 6) is -0.413. The number of anilines is 1. The smallest absolute Gasteiger partial charge is 0.243 e. The van der Waals surface area contributed by atoms with Crippen molar-refractivity contribution in [2.45, 2.75) is 39.3 Å². The topological polar surface area (TPSA) is 74.3 Å². The lowest BCUT2D eigenvalue weighted by Gasteiger charge is -2.21. The highest BCUT2D eigenvalue weighted by atomic mass is 32.1. The summed E-state index contributed by atoms with van der Waals surface area (Å²) in [6.07, 6.45) is 2.81. The Balaban J connectivity index is 1.88. The highest BCUT2D eigenvalue weighted by Crippen LogP contribution is 2.22. The molecule has 1 atom stereocenters. The second-order valence-electron chi connectivity index (χ2n) is 4.67. The van der Waals surface area contributed by atoms with Crippen molar-refractivity contribution in [1.82, 2.24) is 15.6 Å². The molecule has 110 valence electrons. The van der Waals surface area contributed by atoms with Crippen molar-refractivity contribution in [3.63, 3.8) is 0 Å². The van der Waals surface area contributed by atoms with Crippen LogP contribution in [-0.4, -0.2) is 35.9 Å². The third-order valence-corrected chi connectivity index (χ3v) is 4.40. The molecule has 1 fully saturated rings. The van der Waals surface area contributed by atoms with E-state index < -0.39 is 0 Å². The summed E-state index contributed by atoms with van der Waals surface area (Å²) in [5.41, 5.74) is 0. The molecule has 20 heavy (non-hydrogen) atoms. The van der Waals surface area contributed by atoms with Gasteiger partial charge in [0.05, 0.1) is 6.04 Å². The van der Waals surface area contributed by atoms with Crippen LogP contribution in [0.15, 0.2) is 6.20 Å². The Hall–Kier alpha value is -1.47. The fraction of sp³-hybridized carbons (Fsp3) is 0.615. The molecule has 0 saturated carbocycles. The molecule has 0 aromatic carbocycles. The number of nitrogens with one attached hydrogen (secondary N) is 2. The van der Waals surface area contributed by atoms with E-state index in [4.69, 9.17) is 0 Å². The molecule has 6 nitrogen and oxygen atoms in total. The van der Waals surface area contributed by atoms with Crippen LogP contribution in [0.4, 0.5) is 5.13 Å². The van der Waals surface area contributed by atoms with Gasteiger partial charge in [-0.2, -0.15) is 0 Å². The number of imide groups is 1. The maximum atomic E-state index is 11.6. The van der Waals surface area contributed by atoms with E-state index in [1.807, 2.05) is 6.20 Å². The van der Waals surface area contributed by atoms with Gasteiger partial charge in [0.2, 0.25) is 11.8 Å². The predicted octanol–water partition coefficient (Wildman–Crippen LogP) is 0.884. The number of amides is 2. The van der Waals surface area contributed by atoms with Crippen molar-refractivity contribution in [2.75, 3.05) is 18.0 Å². The average Bonchev–Trinajstić information content (AvgIpc) is 2.88. The Bertz CT molecular complexity index is 484. The molecule has 1 aliphatic rings. The molecular weight excluding hydrogens is 276 g/mol. The number of hydrogen-bond acceptors (Lipinski definition) is 6. The Morgan fingerprint density at radius 2 is 2.20 bits per heavy atom. The molecule has 2 rings (SSSR count). The third-order valence-electron chi connectivity index (χ3n) is 3.34. The van der Waals surface area contributed by atoms with Crippen molar-refractivity contribution in [3.05, 3.63) is 11.1 Å². The summed E-state index contributed by atoms with van der Waals surface area (Å²) in [7, 11) is 0. The Morgan fingerprint density at radius 1 is 1.45 bits per heavy atom. The predicted molar refractivity (Wildman–Crippen MR) is 78.7 cm³/mol. The lowest BCUT2D eigenvalue weighted by atomic mass is 10.1. The van der Waals surface area contributed by atoms with Gasteiger partial charge in [-0.3, -0.25) is 14.9 Å². The minimum absolute atomic E-state index is 0.186. The van der Waals surface area contributed by atoms with E-state index in [0.29, 0.717) is 19.4 Å². The van der Waals surface area contributed by atoms with Crippen molar-refractivity contribution in [3.8, 4) is 0 Å².